The third-order valence-corrected chi connectivity index (χ3v) is 3.57. The number of furan rings is 1. The number of anilines is 1. The summed E-state index contributed by atoms with van der Waals surface area (Å²) < 4.78 is 5.27. The second-order valence-corrected chi connectivity index (χ2v) is 5.53. The van der Waals surface area contributed by atoms with E-state index in [2.05, 4.69) is 21.7 Å². The predicted octanol–water partition coefficient (Wildman–Crippen LogP) is 3.53. The molecular formula is C19H19N3O2. The minimum Gasteiger partial charge on any atom is -0.467 e. The number of carbonyl (C=O) groups is 1. The molecule has 0 bridgehead atoms. The highest BCUT2D eigenvalue weighted by Crippen LogP contribution is 2.11. The van der Waals surface area contributed by atoms with E-state index in [9.17, 15) is 4.79 Å². The van der Waals surface area contributed by atoms with Crippen molar-refractivity contribution in [2.45, 2.75) is 20.0 Å². The van der Waals surface area contributed by atoms with Crippen molar-refractivity contribution in [3.8, 4) is 0 Å². The minimum atomic E-state index is -0.196. The Morgan fingerprint density at radius 1 is 1.12 bits per heavy atom. The van der Waals surface area contributed by atoms with Crippen LogP contribution >= 0.6 is 0 Å². The van der Waals surface area contributed by atoms with Crippen molar-refractivity contribution >= 4 is 11.6 Å². The number of hydrogen-bond donors (Lipinski definition) is 2. The standard InChI is InChI=1S/C19H19N3O2/c1-14-4-2-5-15(10-14)12-22-19(23)18-11-16(7-8-20-18)21-13-17-6-3-9-24-17/h2-11H,12-13H2,1H3,(H,20,21)(H,22,23). The van der Waals surface area contributed by atoms with E-state index in [1.165, 1.54) is 5.56 Å². The van der Waals surface area contributed by atoms with Gasteiger partial charge in [-0.3, -0.25) is 9.78 Å². The first-order valence-corrected chi connectivity index (χ1v) is 7.77. The van der Waals surface area contributed by atoms with Crippen molar-refractivity contribution in [3.63, 3.8) is 0 Å². The summed E-state index contributed by atoms with van der Waals surface area (Å²) in [4.78, 5) is 16.4. The predicted molar refractivity (Wildman–Crippen MR) is 92.6 cm³/mol. The molecule has 1 aromatic carbocycles. The molecule has 0 aliphatic heterocycles. The highest BCUT2D eigenvalue weighted by Gasteiger charge is 2.08. The minimum absolute atomic E-state index is 0.196. The fourth-order valence-corrected chi connectivity index (χ4v) is 2.36. The number of carbonyl (C=O) groups excluding carboxylic acids is 1. The summed E-state index contributed by atoms with van der Waals surface area (Å²) in [6.45, 7) is 3.06. The number of pyridine rings is 1. The van der Waals surface area contributed by atoms with Crippen LogP contribution < -0.4 is 10.6 Å². The zero-order chi connectivity index (χ0) is 16.8. The number of benzene rings is 1. The number of hydrogen-bond acceptors (Lipinski definition) is 4. The van der Waals surface area contributed by atoms with E-state index < -0.39 is 0 Å². The van der Waals surface area contributed by atoms with Gasteiger partial charge in [0.2, 0.25) is 0 Å². The number of amides is 1. The first-order valence-electron chi connectivity index (χ1n) is 7.77. The van der Waals surface area contributed by atoms with Gasteiger partial charge in [0.1, 0.15) is 11.5 Å². The fraction of sp³-hybridized carbons (Fsp3) is 0.158. The normalized spacial score (nSPS) is 10.4. The van der Waals surface area contributed by atoms with Gasteiger partial charge in [0.15, 0.2) is 0 Å². The van der Waals surface area contributed by atoms with Crippen LogP contribution in [0.4, 0.5) is 5.69 Å². The summed E-state index contributed by atoms with van der Waals surface area (Å²) >= 11 is 0. The van der Waals surface area contributed by atoms with Gasteiger partial charge in [-0.2, -0.15) is 0 Å². The third-order valence-electron chi connectivity index (χ3n) is 3.57. The largest absolute Gasteiger partial charge is 0.467 e. The summed E-state index contributed by atoms with van der Waals surface area (Å²) in [6.07, 6.45) is 3.25. The van der Waals surface area contributed by atoms with Crippen LogP contribution in [0.15, 0.2) is 65.4 Å². The SMILES string of the molecule is Cc1cccc(CNC(=O)c2cc(NCc3ccco3)ccn2)c1. The Balaban J connectivity index is 1.59. The van der Waals surface area contributed by atoms with Crippen molar-refractivity contribution in [2.24, 2.45) is 0 Å². The summed E-state index contributed by atoms with van der Waals surface area (Å²) in [5.41, 5.74) is 3.44. The molecule has 2 N–H and O–H groups in total. The topological polar surface area (TPSA) is 67.2 Å². The van der Waals surface area contributed by atoms with Crippen LogP contribution in [-0.4, -0.2) is 10.9 Å². The average molecular weight is 321 g/mol. The molecular weight excluding hydrogens is 302 g/mol. The summed E-state index contributed by atoms with van der Waals surface area (Å²) in [5, 5.41) is 6.10. The summed E-state index contributed by atoms with van der Waals surface area (Å²) in [7, 11) is 0. The molecule has 3 aromatic rings. The Hall–Kier alpha value is -3.08. The van der Waals surface area contributed by atoms with Gasteiger partial charge in [0, 0.05) is 18.4 Å². The molecule has 5 heteroatoms. The lowest BCUT2D eigenvalue weighted by molar-refractivity contribution is 0.0946. The molecule has 0 spiro atoms. The lowest BCUT2D eigenvalue weighted by Gasteiger charge is -2.08. The molecule has 0 aliphatic carbocycles. The maximum atomic E-state index is 12.3. The number of aromatic nitrogens is 1. The van der Waals surface area contributed by atoms with E-state index in [1.54, 1.807) is 18.5 Å². The van der Waals surface area contributed by atoms with E-state index in [0.29, 0.717) is 18.8 Å². The van der Waals surface area contributed by atoms with Gasteiger partial charge < -0.3 is 15.1 Å². The van der Waals surface area contributed by atoms with E-state index in [4.69, 9.17) is 4.42 Å². The van der Waals surface area contributed by atoms with Crippen molar-refractivity contribution in [1.29, 1.82) is 0 Å². The summed E-state index contributed by atoms with van der Waals surface area (Å²) in [5.74, 6) is 0.635. The molecule has 3 rings (SSSR count). The van der Waals surface area contributed by atoms with E-state index in [-0.39, 0.29) is 5.91 Å². The Morgan fingerprint density at radius 3 is 2.83 bits per heavy atom. The zero-order valence-electron chi connectivity index (χ0n) is 13.5. The van der Waals surface area contributed by atoms with Crippen LogP contribution in [0, 0.1) is 6.92 Å². The Bertz CT molecular complexity index is 813. The van der Waals surface area contributed by atoms with Gasteiger partial charge in [-0.15, -0.1) is 0 Å². The van der Waals surface area contributed by atoms with Crippen LogP contribution in [0.1, 0.15) is 27.4 Å². The van der Waals surface area contributed by atoms with E-state index in [0.717, 1.165) is 17.0 Å². The second kappa shape index (κ2) is 7.46. The molecule has 5 nitrogen and oxygen atoms in total. The lowest BCUT2D eigenvalue weighted by atomic mass is 10.1. The fourth-order valence-electron chi connectivity index (χ4n) is 2.36. The van der Waals surface area contributed by atoms with Gasteiger partial charge in [0.25, 0.3) is 5.91 Å². The van der Waals surface area contributed by atoms with Gasteiger partial charge in [-0.1, -0.05) is 29.8 Å². The molecule has 0 atom stereocenters. The zero-order valence-corrected chi connectivity index (χ0v) is 13.5. The van der Waals surface area contributed by atoms with Crippen LogP contribution in [0.2, 0.25) is 0 Å². The first kappa shape index (κ1) is 15.8. The quantitative estimate of drug-likeness (QED) is 0.729. The van der Waals surface area contributed by atoms with Gasteiger partial charge >= 0.3 is 0 Å². The van der Waals surface area contributed by atoms with Crippen molar-refractivity contribution in [2.75, 3.05) is 5.32 Å². The van der Waals surface area contributed by atoms with E-state index in [1.807, 2.05) is 43.3 Å². The van der Waals surface area contributed by atoms with Crippen molar-refractivity contribution < 1.29 is 9.21 Å². The highest BCUT2D eigenvalue weighted by molar-refractivity contribution is 5.93. The van der Waals surface area contributed by atoms with Crippen LogP contribution in [-0.2, 0) is 13.1 Å². The molecule has 2 aromatic heterocycles. The van der Waals surface area contributed by atoms with Gasteiger partial charge in [-0.25, -0.2) is 0 Å². The molecule has 1 amide bonds. The Kier molecular flexibility index (Phi) is 4.91. The van der Waals surface area contributed by atoms with E-state index >= 15 is 0 Å². The number of nitrogens with zero attached hydrogens (tertiary/aromatic N) is 1. The highest BCUT2D eigenvalue weighted by atomic mass is 16.3. The van der Waals surface area contributed by atoms with Crippen molar-refractivity contribution in [3.05, 3.63) is 83.6 Å². The third kappa shape index (κ3) is 4.23. The first-order chi connectivity index (χ1) is 11.7. The maximum absolute atomic E-state index is 12.3. The number of aryl methyl sites for hydroxylation is 1. The van der Waals surface area contributed by atoms with Crippen LogP contribution in [0.25, 0.3) is 0 Å². The van der Waals surface area contributed by atoms with Gasteiger partial charge in [-0.05, 0) is 36.8 Å². The number of nitrogens with one attached hydrogen (secondary N) is 2. The molecule has 0 radical (unpaired) electrons. The molecule has 2 heterocycles. The molecule has 0 unspecified atom stereocenters. The Labute approximate surface area is 140 Å². The molecule has 0 saturated carbocycles. The van der Waals surface area contributed by atoms with Crippen molar-refractivity contribution in [1.82, 2.24) is 10.3 Å². The monoisotopic (exact) mass is 321 g/mol. The molecule has 0 fully saturated rings. The average Bonchev–Trinajstić information content (AvgIpc) is 3.12. The van der Waals surface area contributed by atoms with Gasteiger partial charge in [0.05, 0.1) is 12.8 Å². The maximum Gasteiger partial charge on any atom is 0.270 e. The smallest absolute Gasteiger partial charge is 0.270 e. The lowest BCUT2D eigenvalue weighted by Crippen LogP contribution is -2.23. The molecule has 122 valence electrons. The van der Waals surface area contributed by atoms with Crippen LogP contribution in [0.5, 0.6) is 0 Å². The van der Waals surface area contributed by atoms with Crippen LogP contribution in [0.3, 0.4) is 0 Å². The molecule has 24 heavy (non-hydrogen) atoms. The summed E-state index contributed by atoms with van der Waals surface area (Å²) in [6, 6.07) is 15.3. The number of rotatable bonds is 6. The second-order valence-electron chi connectivity index (χ2n) is 5.53. The Morgan fingerprint density at radius 2 is 2.04 bits per heavy atom. The molecule has 0 aliphatic rings. The molecule has 0 saturated heterocycles.